The minimum atomic E-state index is -3.57. The Morgan fingerprint density at radius 3 is 2.35 bits per heavy atom. The van der Waals surface area contributed by atoms with Crippen molar-refractivity contribution in [3.8, 4) is 5.75 Å². The molecular formula is C19H22N2O4S. The molecule has 0 saturated carbocycles. The monoisotopic (exact) mass is 374 g/mol. The largest absolute Gasteiger partial charge is 0.495 e. The van der Waals surface area contributed by atoms with Gasteiger partial charge in [-0.05, 0) is 50.1 Å². The van der Waals surface area contributed by atoms with Crippen LogP contribution in [-0.2, 0) is 10.0 Å². The van der Waals surface area contributed by atoms with Gasteiger partial charge >= 0.3 is 0 Å². The SMILES string of the molecule is COc1ccc(S(=O)(=O)N2CCCC2)cc1NC(=O)c1ccc(C)cc1. The molecule has 0 aliphatic carbocycles. The molecule has 0 atom stereocenters. The summed E-state index contributed by atoms with van der Waals surface area (Å²) in [5.41, 5.74) is 1.88. The first-order valence-corrected chi connectivity index (χ1v) is 9.92. The van der Waals surface area contributed by atoms with E-state index < -0.39 is 10.0 Å². The molecule has 0 radical (unpaired) electrons. The number of carbonyl (C=O) groups is 1. The molecular weight excluding hydrogens is 352 g/mol. The number of rotatable bonds is 5. The summed E-state index contributed by atoms with van der Waals surface area (Å²) in [7, 11) is -2.09. The molecule has 3 rings (SSSR count). The van der Waals surface area contributed by atoms with E-state index in [0.717, 1.165) is 18.4 Å². The van der Waals surface area contributed by atoms with Crippen LogP contribution < -0.4 is 10.1 Å². The summed E-state index contributed by atoms with van der Waals surface area (Å²) in [4.78, 5) is 12.6. The van der Waals surface area contributed by atoms with Gasteiger partial charge in [0.25, 0.3) is 5.91 Å². The molecule has 1 aliphatic heterocycles. The van der Waals surface area contributed by atoms with Crippen LogP contribution in [0.5, 0.6) is 5.75 Å². The third kappa shape index (κ3) is 3.73. The van der Waals surface area contributed by atoms with Gasteiger partial charge in [-0.2, -0.15) is 4.31 Å². The van der Waals surface area contributed by atoms with Crippen molar-refractivity contribution in [2.24, 2.45) is 0 Å². The standard InChI is InChI=1S/C19H22N2O4S/c1-14-5-7-15(8-6-14)19(22)20-17-13-16(9-10-18(17)25-2)26(23,24)21-11-3-4-12-21/h5-10,13H,3-4,11-12H2,1-2H3,(H,20,22). The predicted octanol–water partition coefficient (Wildman–Crippen LogP) is 3.04. The Labute approximate surface area is 153 Å². The van der Waals surface area contributed by atoms with Crippen LogP contribution in [0.2, 0.25) is 0 Å². The number of ether oxygens (including phenoxy) is 1. The first kappa shape index (κ1) is 18.4. The maximum atomic E-state index is 12.8. The summed E-state index contributed by atoms with van der Waals surface area (Å²) < 4.78 is 32.2. The summed E-state index contributed by atoms with van der Waals surface area (Å²) in [6.07, 6.45) is 1.73. The molecule has 0 bridgehead atoms. The van der Waals surface area contributed by atoms with Crippen LogP contribution in [0.15, 0.2) is 47.4 Å². The van der Waals surface area contributed by atoms with Gasteiger partial charge in [0.2, 0.25) is 10.0 Å². The zero-order chi connectivity index (χ0) is 18.7. The summed E-state index contributed by atoms with van der Waals surface area (Å²) in [5, 5.41) is 2.75. The van der Waals surface area contributed by atoms with Crippen LogP contribution in [0.3, 0.4) is 0 Å². The van der Waals surface area contributed by atoms with E-state index in [1.807, 2.05) is 19.1 Å². The van der Waals surface area contributed by atoms with Crippen LogP contribution in [0.4, 0.5) is 5.69 Å². The highest BCUT2D eigenvalue weighted by molar-refractivity contribution is 7.89. The topological polar surface area (TPSA) is 75.7 Å². The minimum Gasteiger partial charge on any atom is -0.495 e. The molecule has 26 heavy (non-hydrogen) atoms. The molecule has 1 heterocycles. The average molecular weight is 374 g/mol. The number of aryl methyl sites for hydroxylation is 1. The Morgan fingerprint density at radius 2 is 1.73 bits per heavy atom. The molecule has 2 aromatic rings. The fourth-order valence-corrected chi connectivity index (χ4v) is 4.47. The number of hydrogen-bond donors (Lipinski definition) is 1. The van der Waals surface area contributed by atoms with Crippen molar-refractivity contribution in [1.82, 2.24) is 4.31 Å². The van der Waals surface area contributed by atoms with Crippen LogP contribution >= 0.6 is 0 Å². The lowest BCUT2D eigenvalue weighted by Crippen LogP contribution is -2.28. The smallest absolute Gasteiger partial charge is 0.255 e. The third-order valence-corrected chi connectivity index (χ3v) is 6.33. The third-order valence-electron chi connectivity index (χ3n) is 4.44. The van der Waals surface area contributed by atoms with E-state index in [2.05, 4.69) is 5.32 Å². The molecule has 1 N–H and O–H groups in total. The van der Waals surface area contributed by atoms with E-state index in [0.29, 0.717) is 30.1 Å². The zero-order valence-electron chi connectivity index (χ0n) is 14.9. The van der Waals surface area contributed by atoms with Crippen LogP contribution in [-0.4, -0.2) is 38.8 Å². The van der Waals surface area contributed by atoms with Crippen LogP contribution in [0, 0.1) is 6.92 Å². The van der Waals surface area contributed by atoms with E-state index >= 15 is 0 Å². The number of sulfonamides is 1. The Bertz CT molecular complexity index is 902. The van der Waals surface area contributed by atoms with Crippen LogP contribution in [0.25, 0.3) is 0 Å². The average Bonchev–Trinajstić information content (AvgIpc) is 3.17. The van der Waals surface area contributed by atoms with Gasteiger partial charge < -0.3 is 10.1 Å². The lowest BCUT2D eigenvalue weighted by atomic mass is 10.1. The second kappa shape index (κ2) is 7.47. The Balaban J connectivity index is 1.90. The van der Waals surface area contributed by atoms with Crippen molar-refractivity contribution in [1.29, 1.82) is 0 Å². The molecule has 138 valence electrons. The van der Waals surface area contributed by atoms with Crippen LogP contribution in [0.1, 0.15) is 28.8 Å². The number of anilines is 1. The van der Waals surface area contributed by atoms with E-state index in [4.69, 9.17) is 4.74 Å². The number of methoxy groups -OCH3 is 1. The molecule has 0 unspecified atom stereocenters. The highest BCUT2D eigenvalue weighted by Gasteiger charge is 2.28. The van der Waals surface area contributed by atoms with E-state index in [1.54, 1.807) is 18.2 Å². The highest BCUT2D eigenvalue weighted by atomic mass is 32.2. The van der Waals surface area contributed by atoms with Gasteiger partial charge in [0.15, 0.2) is 0 Å². The van der Waals surface area contributed by atoms with Gasteiger partial charge in [-0.3, -0.25) is 4.79 Å². The highest BCUT2D eigenvalue weighted by Crippen LogP contribution is 2.30. The number of carbonyl (C=O) groups excluding carboxylic acids is 1. The van der Waals surface area contributed by atoms with Crippen molar-refractivity contribution in [3.05, 3.63) is 53.6 Å². The number of amides is 1. The Morgan fingerprint density at radius 1 is 1.08 bits per heavy atom. The minimum absolute atomic E-state index is 0.152. The predicted molar refractivity (Wildman–Crippen MR) is 100 cm³/mol. The first-order chi connectivity index (χ1) is 12.4. The molecule has 2 aromatic carbocycles. The quantitative estimate of drug-likeness (QED) is 0.873. The molecule has 7 heteroatoms. The second-order valence-corrected chi connectivity index (χ2v) is 8.23. The normalized spacial score (nSPS) is 15.0. The van der Waals surface area contributed by atoms with Crippen molar-refractivity contribution >= 4 is 21.6 Å². The lowest BCUT2D eigenvalue weighted by molar-refractivity contribution is 0.102. The van der Waals surface area contributed by atoms with Gasteiger partial charge in [0.05, 0.1) is 17.7 Å². The van der Waals surface area contributed by atoms with Gasteiger partial charge in [-0.1, -0.05) is 17.7 Å². The fraction of sp³-hybridized carbons (Fsp3) is 0.316. The Kier molecular flexibility index (Phi) is 5.29. The molecule has 0 aromatic heterocycles. The van der Waals surface area contributed by atoms with E-state index in [9.17, 15) is 13.2 Å². The van der Waals surface area contributed by atoms with E-state index in [1.165, 1.54) is 23.5 Å². The fourth-order valence-electron chi connectivity index (χ4n) is 2.92. The summed E-state index contributed by atoms with van der Waals surface area (Å²) in [6, 6.07) is 11.7. The molecule has 1 fully saturated rings. The van der Waals surface area contributed by atoms with Crippen molar-refractivity contribution < 1.29 is 17.9 Å². The maximum absolute atomic E-state index is 12.8. The number of benzene rings is 2. The molecule has 1 aliphatic rings. The second-order valence-electron chi connectivity index (χ2n) is 6.29. The van der Waals surface area contributed by atoms with Gasteiger partial charge in [-0.25, -0.2) is 8.42 Å². The lowest BCUT2D eigenvalue weighted by Gasteiger charge is -2.17. The van der Waals surface area contributed by atoms with Gasteiger partial charge in [0.1, 0.15) is 5.75 Å². The van der Waals surface area contributed by atoms with Crippen molar-refractivity contribution in [2.45, 2.75) is 24.7 Å². The summed E-state index contributed by atoms with van der Waals surface area (Å²) in [6.45, 7) is 3.00. The van der Waals surface area contributed by atoms with Gasteiger partial charge in [-0.15, -0.1) is 0 Å². The molecule has 1 amide bonds. The first-order valence-electron chi connectivity index (χ1n) is 8.48. The molecule has 0 spiro atoms. The number of nitrogens with one attached hydrogen (secondary N) is 1. The van der Waals surface area contributed by atoms with Crippen molar-refractivity contribution in [2.75, 3.05) is 25.5 Å². The molecule has 1 saturated heterocycles. The number of nitrogens with zero attached hydrogens (tertiary/aromatic N) is 1. The Hall–Kier alpha value is -2.38. The zero-order valence-corrected chi connectivity index (χ0v) is 15.7. The van der Waals surface area contributed by atoms with E-state index in [-0.39, 0.29) is 10.8 Å². The number of hydrogen-bond acceptors (Lipinski definition) is 4. The summed E-state index contributed by atoms with van der Waals surface area (Å²) >= 11 is 0. The summed E-state index contributed by atoms with van der Waals surface area (Å²) in [5.74, 6) is 0.0878. The van der Waals surface area contributed by atoms with Crippen molar-refractivity contribution in [3.63, 3.8) is 0 Å². The van der Waals surface area contributed by atoms with Gasteiger partial charge in [0, 0.05) is 18.7 Å². The molecule has 6 nitrogen and oxygen atoms in total. The maximum Gasteiger partial charge on any atom is 0.255 e.